The Labute approximate surface area is 109 Å². The van der Waals surface area contributed by atoms with Gasteiger partial charge in [0.25, 0.3) is 0 Å². The third-order valence-corrected chi connectivity index (χ3v) is 3.81. The maximum Gasteiger partial charge on any atom is 0.213 e. The molecule has 2 fully saturated rings. The second-order valence-electron chi connectivity index (χ2n) is 5.54. The molecule has 0 unspecified atom stereocenters. The van der Waals surface area contributed by atoms with Crippen molar-refractivity contribution in [3.8, 4) is 5.88 Å². The summed E-state index contributed by atoms with van der Waals surface area (Å²) in [5, 5.41) is 3.52. The molecule has 3 rings (SSSR count). The first kappa shape index (κ1) is 12.0. The third-order valence-electron chi connectivity index (χ3n) is 3.81. The van der Waals surface area contributed by atoms with Gasteiger partial charge in [0.15, 0.2) is 0 Å². The van der Waals surface area contributed by atoms with Crippen LogP contribution in [0.25, 0.3) is 0 Å². The second-order valence-corrected chi connectivity index (χ2v) is 5.54. The van der Waals surface area contributed by atoms with Crippen molar-refractivity contribution in [3.05, 3.63) is 23.9 Å². The Morgan fingerprint density at radius 3 is 2.78 bits per heavy atom. The van der Waals surface area contributed by atoms with E-state index in [9.17, 15) is 0 Å². The largest absolute Gasteiger partial charge is 0.474 e. The van der Waals surface area contributed by atoms with Crippen molar-refractivity contribution < 1.29 is 4.74 Å². The van der Waals surface area contributed by atoms with Crippen molar-refractivity contribution in [1.82, 2.24) is 10.3 Å². The molecule has 1 heterocycles. The number of ether oxygens (including phenoxy) is 1. The molecule has 0 amide bonds. The Balaban J connectivity index is 1.55. The van der Waals surface area contributed by atoms with Gasteiger partial charge in [0.1, 0.15) is 6.10 Å². The fourth-order valence-corrected chi connectivity index (χ4v) is 2.53. The molecule has 1 aromatic heterocycles. The Kier molecular flexibility index (Phi) is 3.79. The van der Waals surface area contributed by atoms with Gasteiger partial charge in [0.2, 0.25) is 5.88 Å². The first-order valence-corrected chi connectivity index (χ1v) is 7.25. The highest BCUT2D eigenvalue weighted by atomic mass is 16.5. The molecule has 2 aliphatic rings. The van der Waals surface area contributed by atoms with Crippen LogP contribution < -0.4 is 10.1 Å². The molecule has 0 bridgehead atoms. The van der Waals surface area contributed by atoms with Crippen LogP contribution in [0.2, 0.25) is 0 Å². The molecule has 2 aliphatic carbocycles. The SMILES string of the molecule is c1cc(CNC2CC2)cc(OC2CCCCC2)n1. The van der Waals surface area contributed by atoms with Crippen LogP contribution in [0.3, 0.4) is 0 Å². The van der Waals surface area contributed by atoms with Gasteiger partial charge in [-0.3, -0.25) is 0 Å². The Hall–Kier alpha value is -1.09. The van der Waals surface area contributed by atoms with E-state index in [0.717, 1.165) is 18.5 Å². The molecule has 18 heavy (non-hydrogen) atoms. The average molecular weight is 246 g/mol. The smallest absolute Gasteiger partial charge is 0.213 e. The second kappa shape index (κ2) is 5.70. The third kappa shape index (κ3) is 3.45. The number of hydrogen-bond acceptors (Lipinski definition) is 3. The van der Waals surface area contributed by atoms with Gasteiger partial charge in [-0.2, -0.15) is 0 Å². The molecule has 2 saturated carbocycles. The lowest BCUT2D eigenvalue weighted by Crippen LogP contribution is -2.20. The molecule has 98 valence electrons. The van der Waals surface area contributed by atoms with Gasteiger partial charge in [-0.1, -0.05) is 6.42 Å². The first-order valence-electron chi connectivity index (χ1n) is 7.25. The van der Waals surface area contributed by atoms with Crippen LogP contribution in [0, 0.1) is 0 Å². The zero-order chi connectivity index (χ0) is 12.2. The normalized spacial score (nSPS) is 20.9. The van der Waals surface area contributed by atoms with E-state index in [0.29, 0.717) is 6.10 Å². The van der Waals surface area contributed by atoms with Crippen molar-refractivity contribution in [2.45, 2.75) is 63.6 Å². The van der Waals surface area contributed by atoms with E-state index >= 15 is 0 Å². The molecule has 0 radical (unpaired) electrons. The topological polar surface area (TPSA) is 34.1 Å². The average Bonchev–Trinajstić information content (AvgIpc) is 3.22. The molecule has 3 heteroatoms. The lowest BCUT2D eigenvalue weighted by molar-refractivity contribution is 0.148. The summed E-state index contributed by atoms with van der Waals surface area (Å²) in [6.45, 7) is 0.939. The van der Waals surface area contributed by atoms with E-state index in [2.05, 4.69) is 22.4 Å². The molecule has 1 aromatic rings. The Morgan fingerprint density at radius 1 is 1.17 bits per heavy atom. The van der Waals surface area contributed by atoms with Crippen LogP contribution >= 0.6 is 0 Å². The lowest BCUT2D eigenvalue weighted by atomic mass is 9.98. The molecular formula is C15H22N2O. The highest BCUT2D eigenvalue weighted by Gasteiger charge is 2.20. The number of nitrogens with zero attached hydrogens (tertiary/aromatic N) is 1. The zero-order valence-electron chi connectivity index (χ0n) is 10.9. The summed E-state index contributed by atoms with van der Waals surface area (Å²) < 4.78 is 5.98. The van der Waals surface area contributed by atoms with Crippen molar-refractivity contribution in [2.75, 3.05) is 0 Å². The lowest BCUT2D eigenvalue weighted by Gasteiger charge is -2.22. The molecule has 0 aliphatic heterocycles. The van der Waals surface area contributed by atoms with E-state index in [1.807, 2.05) is 6.20 Å². The minimum absolute atomic E-state index is 0.387. The van der Waals surface area contributed by atoms with E-state index in [-0.39, 0.29) is 0 Å². The van der Waals surface area contributed by atoms with Crippen molar-refractivity contribution in [1.29, 1.82) is 0 Å². The minimum Gasteiger partial charge on any atom is -0.474 e. The molecule has 0 atom stereocenters. The van der Waals surface area contributed by atoms with Gasteiger partial charge in [-0.25, -0.2) is 4.98 Å². The van der Waals surface area contributed by atoms with Gasteiger partial charge < -0.3 is 10.1 Å². The predicted octanol–water partition coefficient (Wildman–Crippen LogP) is 3.05. The summed E-state index contributed by atoms with van der Waals surface area (Å²) in [5.74, 6) is 0.803. The maximum atomic E-state index is 5.98. The number of pyridine rings is 1. The molecule has 1 N–H and O–H groups in total. The van der Waals surface area contributed by atoms with E-state index < -0.39 is 0 Å². The Morgan fingerprint density at radius 2 is 2.00 bits per heavy atom. The number of hydrogen-bond donors (Lipinski definition) is 1. The van der Waals surface area contributed by atoms with Crippen LogP contribution in [0.4, 0.5) is 0 Å². The van der Waals surface area contributed by atoms with Crippen molar-refractivity contribution in [3.63, 3.8) is 0 Å². The van der Waals surface area contributed by atoms with Gasteiger partial charge in [0.05, 0.1) is 0 Å². The van der Waals surface area contributed by atoms with E-state index in [4.69, 9.17) is 4.74 Å². The van der Waals surface area contributed by atoms with Crippen LogP contribution in [0.5, 0.6) is 5.88 Å². The predicted molar refractivity (Wildman–Crippen MR) is 71.6 cm³/mol. The monoisotopic (exact) mass is 246 g/mol. The number of aromatic nitrogens is 1. The highest BCUT2D eigenvalue weighted by Crippen LogP contribution is 2.23. The summed E-state index contributed by atoms with van der Waals surface area (Å²) in [7, 11) is 0. The highest BCUT2D eigenvalue weighted by molar-refractivity contribution is 5.20. The molecule has 0 saturated heterocycles. The summed E-state index contributed by atoms with van der Waals surface area (Å²) in [6, 6.07) is 4.91. The summed E-state index contributed by atoms with van der Waals surface area (Å²) in [4.78, 5) is 4.33. The van der Waals surface area contributed by atoms with Gasteiger partial charge in [-0.15, -0.1) is 0 Å². The Bertz CT molecular complexity index is 384. The van der Waals surface area contributed by atoms with Crippen LogP contribution in [-0.2, 0) is 6.54 Å². The minimum atomic E-state index is 0.387. The van der Waals surface area contributed by atoms with Crippen molar-refractivity contribution >= 4 is 0 Å². The summed E-state index contributed by atoms with van der Waals surface area (Å²) in [6.07, 6.45) is 11.2. The summed E-state index contributed by atoms with van der Waals surface area (Å²) in [5.41, 5.74) is 1.28. The molecular weight excluding hydrogens is 224 g/mol. The van der Waals surface area contributed by atoms with E-state index in [1.54, 1.807) is 0 Å². The van der Waals surface area contributed by atoms with Crippen molar-refractivity contribution in [2.24, 2.45) is 0 Å². The first-order chi connectivity index (χ1) is 8.90. The van der Waals surface area contributed by atoms with Gasteiger partial charge >= 0.3 is 0 Å². The molecule has 0 aromatic carbocycles. The standard InChI is InChI=1S/C15H22N2O/c1-2-4-14(5-3-1)18-15-10-12(8-9-16-15)11-17-13-6-7-13/h8-10,13-14,17H,1-7,11H2. The fourth-order valence-electron chi connectivity index (χ4n) is 2.53. The number of nitrogens with one attached hydrogen (secondary N) is 1. The quantitative estimate of drug-likeness (QED) is 0.867. The molecule has 0 spiro atoms. The number of rotatable bonds is 5. The van der Waals surface area contributed by atoms with E-state index in [1.165, 1.54) is 50.5 Å². The van der Waals surface area contributed by atoms with Crippen LogP contribution in [0.1, 0.15) is 50.5 Å². The van der Waals surface area contributed by atoms with Gasteiger partial charge in [0, 0.05) is 24.8 Å². The zero-order valence-corrected chi connectivity index (χ0v) is 10.9. The maximum absolute atomic E-state index is 5.98. The van der Waals surface area contributed by atoms with Crippen LogP contribution in [0.15, 0.2) is 18.3 Å². The van der Waals surface area contributed by atoms with Crippen LogP contribution in [-0.4, -0.2) is 17.1 Å². The molecule has 3 nitrogen and oxygen atoms in total. The fraction of sp³-hybridized carbons (Fsp3) is 0.667. The van der Waals surface area contributed by atoms with Gasteiger partial charge in [-0.05, 0) is 50.2 Å². The summed E-state index contributed by atoms with van der Waals surface area (Å²) >= 11 is 0.